The molecule has 0 spiro atoms. The maximum Gasteiger partial charge on any atom is 0.0108 e. The van der Waals surface area contributed by atoms with E-state index in [-0.39, 0.29) is 0 Å². The molecule has 0 saturated heterocycles. The highest BCUT2D eigenvalue weighted by Gasteiger charge is 2.08. The Morgan fingerprint density at radius 1 is 1.18 bits per heavy atom. The van der Waals surface area contributed by atoms with Crippen LogP contribution in [-0.4, -0.2) is 35.1 Å². The van der Waals surface area contributed by atoms with Crippen LogP contribution in [0.15, 0.2) is 35.2 Å². The number of thioether (sulfide) groups is 1. The van der Waals surface area contributed by atoms with Crippen molar-refractivity contribution >= 4 is 27.7 Å². The van der Waals surface area contributed by atoms with E-state index in [1.165, 1.54) is 30.2 Å². The van der Waals surface area contributed by atoms with E-state index < -0.39 is 0 Å². The summed E-state index contributed by atoms with van der Waals surface area (Å²) in [5.74, 6) is 1.17. The van der Waals surface area contributed by atoms with Crippen molar-refractivity contribution in [3.63, 3.8) is 0 Å². The molecule has 0 bridgehead atoms. The lowest BCUT2D eigenvalue weighted by molar-refractivity contribution is 0.237. The molecule has 0 heterocycles. The van der Waals surface area contributed by atoms with Crippen LogP contribution < -0.4 is 0 Å². The van der Waals surface area contributed by atoms with E-state index in [0.29, 0.717) is 6.04 Å². The van der Waals surface area contributed by atoms with Crippen LogP contribution in [0.5, 0.6) is 0 Å². The molecule has 1 aromatic carbocycles. The molecule has 0 aliphatic heterocycles. The average molecular weight is 316 g/mol. The minimum Gasteiger partial charge on any atom is -0.300 e. The smallest absolute Gasteiger partial charge is 0.0108 e. The fraction of sp³-hybridized carbons (Fsp3) is 0.571. The zero-order valence-electron chi connectivity index (χ0n) is 10.7. The van der Waals surface area contributed by atoms with Gasteiger partial charge in [-0.1, -0.05) is 34.1 Å². The molecular weight excluding hydrogens is 294 g/mol. The second-order valence-electron chi connectivity index (χ2n) is 4.33. The lowest BCUT2D eigenvalue weighted by Crippen LogP contribution is -2.34. The highest BCUT2D eigenvalue weighted by molar-refractivity contribution is 9.09. The summed E-state index contributed by atoms with van der Waals surface area (Å²) in [6, 6.07) is 11.3. The van der Waals surface area contributed by atoms with Gasteiger partial charge in [0.05, 0.1) is 0 Å². The van der Waals surface area contributed by atoms with E-state index in [0.717, 1.165) is 5.33 Å². The van der Waals surface area contributed by atoms with Gasteiger partial charge in [0.25, 0.3) is 0 Å². The maximum atomic E-state index is 3.50. The third-order valence-corrected chi connectivity index (χ3v) is 4.25. The molecule has 17 heavy (non-hydrogen) atoms. The monoisotopic (exact) mass is 315 g/mol. The molecule has 96 valence electrons. The van der Waals surface area contributed by atoms with E-state index in [1.807, 2.05) is 11.8 Å². The summed E-state index contributed by atoms with van der Waals surface area (Å²) in [6.45, 7) is 6.92. The Labute approximate surface area is 118 Å². The van der Waals surface area contributed by atoms with Crippen LogP contribution in [0.3, 0.4) is 0 Å². The van der Waals surface area contributed by atoms with Gasteiger partial charge in [0.15, 0.2) is 0 Å². The van der Waals surface area contributed by atoms with Gasteiger partial charge in [-0.05, 0) is 38.9 Å². The van der Waals surface area contributed by atoms with Gasteiger partial charge in [0.1, 0.15) is 0 Å². The number of nitrogens with zero attached hydrogens (tertiary/aromatic N) is 1. The van der Waals surface area contributed by atoms with Crippen LogP contribution in [0.2, 0.25) is 0 Å². The van der Waals surface area contributed by atoms with E-state index in [4.69, 9.17) is 0 Å². The molecule has 0 atom stereocenters. The minimum absolute atomic E-state index is 0.644. The lowest BCUT2D eigenvalue weighted by Gasteiger charge is -2.25. The van der Waals surface area contributed by atoms with Crippen LogP contribution >= 0.6 is 27.7 Å². The molecule has 1 nitrogen and oxygen atoms in total. The number of hydrogen-bond acceptors (Lipinski definition) is 2. The molecule has 3 heteroatoms. The predicted molar refractivity (Wildman–Crippen MR) is 82.3 cm³/mol. The number of benzene rings is 1. The van der Waals surface area contributed by atoms with Crippen LogP contribution in [0.25, 0.3) is 0 Å². The molecular formula is C14H22BrNS. The van der Waals surface area contributed by atoms with Gasteiger partial charge in [-0.2, -0.15) is 0 Å². The maximum absolute atomic E-state index is 3.50. The molecule has 0 amide bonds. The van der Waals surface area contributed by atoms with Gasteiger partial charge in [-0.15, -0.1) is 11.8 Å². The number of rotatable bonds is 8. The van der Waals surface area contributed by atoms with E-state index in [1.54, 1.807) is 0 Å². The van der Waals surface area contributed by atoms with Crippen LogP contribution in [0, 0.1) is 0 Å². The van der Waals surface area contributed by atoms with Crippen molar-refractivity contribution in [2.45, 2.75) is 31.2 Å². The summed E-state index contributed by atoms with van der Waals surface area (Å²) in [5.41, 5.74) is 0. The standard InChI is InChI=1S/C14H22BrNS/c1-13(2)16(10-6-9-15)11-12-17-14-7-4-3-5-8-14/h3-5,7-8,13H,6,9-12H2,1-2H3. The Morgan fingerprint density at radius 2 is 1.88 bits per heavy atom. The van der Waals surface area contributed by atoms with E-state index in [9.17, 15) is 0 Å². The Kier molecular flexibility index (Phi) is 7.99. The molecule has 0 aliphatic carbocycles. The molecule has 0 saturated carbocycles. The molecule has 0 fully saturated rings. The van der Waals surface area contributed by atoms with Crippen LogP contribution in [-0.2, 0) is 0 Å². The van der Waals surface area contributed by atoms with Crippen molar-refractivity contribution in [2.24, 2.45) is 0 Å². The molecule has 1 aromatic rings. The van der Waals surface area contributed by atoms with Gasteiger partial charge in [0.2, 0.25) is 0 Å². The SMILES string of the molecule is CC(C)N(CCCBr)CCSc1ccccc1. The Bertz CT molecular complexity index is 290. The molecule has 1 rings (SSSR count). The van der Waals surface area contributed by atoms with Crippen molar-refractivity contribution < 1.29 is 0 Å². The average Bonchev–Trinajstić information content (AvgIpc) is 2.34. The molecule has 0 aliphatic rings. The van der Waals surface area contributed by atoms with Gasteiger partial charge in [-0.3, -0.25) is 0 Å². The zero-order chi connectivity index (χ0) is 12.5. The molecule has 0 aromatic heterocycles. The van der Waals surface area contributed by atoms with Crippen molar-refractivity contribution in [2.75, 3.05) is 24.2 Å². The highest BCUT2D eigenvalue weighted by Crippen LogP contribution is 2.17. The largest absolute Gasteiger partial charge is 0.300 e. The fourth-order valence-corrected chi connectivity index (χ4v) is 2.85. The zero-order valence-corrected chi connectivity index (χ0v) is 13.1. The lowest BCUT2D eigenvalue weighted by atomic mass is 10.3. The van der Waals surface area contributed by atoms with Crippen molar-refractivity contribution in [1.29, 1.82) is 0 Å². The quantitative estimate of drug-likeness (QED) is 0.520. The van der Waals surface area contributed by atoms with Gasteiger partial charge >= 0.3 is 0 Å². The summed E-state index contributed by atoms with van der Waals surface area (Å²) in [7, 11) is 0. The molecule has 0 unspecified atom stereocenters. The minimum atomic E-state index is 0.644. The Morgan fingerprint density at radius 3 is 2.47 bits per heavy atom. The predicted octanol–water partition coefficient (Wildman–Crippen LogP) is 4.27. The second kappa shape index (κ2) is 9.01. The van der Waals surface area contributed by atoms with Gasteiger partial charge in [-0.25, -0.2) is 0 Å². The number of alkyl halides is 1. The van der Waals surface area contributed by atoms with Crippen molar-refractivity contribution in [1.82, 2.24) is 4.90 Å². The van der Waals surface area contributed by atoms with Crippen LogP contribution in [0.4, 0.5) is 0 Å². The Balaban J connectivity index is 2.27. The van der Waals surface area contributed by atoms with E-state index >= 15 is 0 Å². The van der Waals surface area contributed by atoms with Crippen LogP contribution in [0.1, 0.15) is 20.3 Å². The first-order chi connectivity index (χ1) is 8.24. The number of halogens is 1. The number of hydrogen-bond donors (Lipinski definition) is 0. The highest BCUT2D eigenvalue weighted by atomic mass is 79.9. The normalized spacial score (nSPS) is 11.4. The third-order valence-electron chi connectivity index (χ3n) is 2.70. The van der Waals surface area contributed by atoms with Crippen molar-refractivity contribution in [3.8, 4) is 0 Å². The first kappa shape index (κ1) is 15.1. The fourth-order valence-electron chi connectivity index (χ4n) is 1.69. The molecule has 0 radical (unpaired) electrons. The summed E-state index contributed by atoms with van der Waals surface area (Å²) >= 11 is 5.45. The first-order valence-corrected chi connectivity index (χ1v) is 8.32. The summed E-state index contributed by atoms with van der Waals surface area (Å²) in [4.78, 5) is 3.92. The summed E-state index contributed by atoms with van der Waals surface area (Å²) < 4.78 is 0. The second-order valence-corrected chi connectivity index (χ2v) is 6.30. The Hall–Kier alpha value is 0.0100. The van der Waals surface area contributed by atoms with E-state index in [2.05, 4.69) is 65.0 Å². The topological polar surface area (TPSA) is 3.24 Å². The summed E-state index contributed by atoms with van der Waals surface area (Å²) in [5, 5.41) is 1.10. The summed E-state index contributed by atoms with van der Waals surface area (Å²) in [6.07, 6.45) is 1.23. The first-order valence-electron chi connectivity index (χ1n) is 6.22. The van der Waals surface area contributed by atoms with Crippen molar-refractivity contribution in [3.05, 3.63) is 30.3 Å². The third kappa shape index (κ3) is 6.49. The van der Waals surface area contributed by atoms with Gasteiger partial charge in [0, 0.05) is 28.6 Å². The molecule has 0 N–H and O–H groups in total. The van der Waals surface area contributed by atoms with Gasteiger partial charge < -0.3 is 4.90 Å².